The zero-order chi connectivity index (χ0) is 10.1. The standard InChI is InChI=1S/C12H11NOS/c1-2-6-11-9(4-1)8-14-12(15-11)10-5-3-7-13-10/h1-7,12-13H,8H2. The summed E-state index contributed by atoms with van der Waals surface area (Å²) in [7, 11) is 0. The first-order valence-corrected chi connectivity index (χ1v) is 5.81. The van der Waals surface area contributed by atoms with E-state index in [2.05, 4.69) is 35.3 Å². The van der Waals surface area contributed by atoms with Crippen LogP contribution in [0.2, 0.25) is 0 Å². The number of thioether (sulfide) groups is 1. The Labute approximate surface area is 92.7 Å². The molecule has 0 amide bonds. The van der Waals surface area contributed by atoms with Gasteiger partial charge >= 0.3 is 0 Å². The van der Waals surface area contributed by atoms with Crippen LogP contribution in [0, 0.1) is 0 Å². The van der Waals surface area contributed by atoms with Gasteiger partial charge in [-0.05, 0) is 23.8 Å². The maximum atomic E-state index is 5.78. The van der Waals surface area contributed by atoms with Crippen LogP contribution in [0.15, 0.2) is 47.5 Å². The van der Waals surface area contributed by atoms with Crippen LogP contribution in [0.4, 0.5) is 0 Å². The number of ether oxygens (including phenoxy) is 1. The summed E-state index contributed by atoms with van der Waals surface area (Å²) in [6, 6.07) is 12.5. The summed E-state index contributed by atoms with van der Waals surface area (Å²) in [5.41, 5.74) is 2.52. The SMILES string of the molecule is c1c[nH]c(C2OCc3ccccc3S2)c1. The summed E-state index contributed by atoms with van der Waals surface area (Å²) in [6.07, 6.45) is 1.93. The van der Waals surface area contributed by atoms with Crippen LogP contribution >= 0.6 is 11.8 Å². The average Bonchev–Trinajstić information content (AvgIpc) is 2.82. The van der Waals surface area contributed by atoms with Gasteiger partial charge in [0.2, 0.25) is 0 Å². The molecule has 0 saturated heterocycles. The highest BCUT2D eigenvalue weighted by atomic mass is 32.2. The maximum Gasteiger partial charge on any atom is 0.147 e. The summed E-state index contributed by atoms with van der Waals surface area (Å²) in [5, 5.41) is 0. The van der Waals surface area contributed by atoms with Gasteiger partial charge in [0.1, 0.15) is 5.44 Å². The van der Waals surface area contributed by atoms with E-state index in [0.717, 1.165) is 5.69 Å². The molecule has 1 atom stereocenters. The lowest BCUT2D eigenvalue weighted by atomic mass is 10.2. The number of aromatic nitrogens is 1. The van der Waals surface area contributed by atoms with Crippen molar-refractivity contribution < 1.29 is 4.74 Å². The molecule has 1 aliphatic rings. The third kappa shape index (κ3) is 1.68. The molecule has 0 aliphatic carbocycles. The quantitative estimate of drug-likeness (QED) is 0.792. The van der Waals surface area contributed by atoms with Gasteiger partial charge in [-0.3, -0.25) is 0 Å². The molecule has 3 heteroatoms. The molecule has 15 heavy (non-hydrogen) atoms. The van der Waals surface area contributed by atoms with Crippen molar-refractivity contribution in [2.45, 2.75) is 16.9 Å². The Morgan fingerprint density at radius 3 is 3.00 bits per heavy atom. The third-order valence-electron chi connectivity index (χ3n) is 2.47. The van der Waals surface area contributed by atoms with Gasteiger partial charge in [0.05, 0.1) is 12.3 Å². The Morgan fingerprint density at radius 1 is 1.20 bits per heavy atom. The maximum absolute atomic E-state index is 5.78. The second-order valence-corrected chi connectivity index (χ2v) is 4.60. The highest BCUT2D eigenvalue weighted by Crippen LogP contribution is 2.41. The molecule has 2 heterocycles. The minimum absolute atomic E-state index is 0.106. The minimum Gasteiger partial charge on any atom is -0.362 e. The number of hydrogen-bond donors (Lipinski definition) is 1. The molecular formula is C12H11NOS. The number of H-pyrrole nitrogens is 1. The molecule has 1 N–H and O–H groups in total. The van der Waals surface area contributed by atoms with Gasteiger partial charge in [-0.1, -0.05) is 30.0 Å². The number of hydrogen-bond acceptors (Lipinski definition) is 2. The summed E-state index contributed by atoms with van der Waals surface area (Å²) in [6.45, 7) is 0.701. The first kappa shape index (κ1) is 9.07. The molecule has 1 aliphatic heterocycles. The Kier molecular flexibility index (Phi) is 2.27. The van der Waals surface area contributed by atoms with Gasteiger partial charge in [-0.2, -0.15) is 0 Å². The van der Waals surface area contributed by atoms with Crippen LogP contribution in [0.25, 0.3) is 0 Å². The fourth-order valence-electron chi connectivity index (χ4n) is 1.70. The lowest BCUT2D eigenvalue weighted by molar-refractivity contribution is 0.0904. The van der Waals surface area contributed by atoms with Crippen LogP contribution in [0.3, 0.4) is 0 Å². The molecule has 2 aromatic rings. The van der Waals surface area contributed by atoms with Gasteiger partial charge in [0, 0.05) is 11.1 Å². The lowest BCUT2D eigenvalue weighted by Crippen LogP contribution is -2.07. The molecule has 0 bridgehead atoms. The fourth-order valence-corrected chi connectivity index (χ4v) is 2.77. The summed E-state index contributed by atoms with van der Waals surface area (Å²) in [5.74, 6) is 0. The van der Waals surface area contributed by atoms with Crippen LogP contribution < -0.4 is 0 Å². The van der Waals surface area contributed by atoms with Gasteiger partial charge < -0.3 is 9.72 Å². The topological polar surface area (TPSA) is 25.0 Å². The van der Waals surface area contributed by atoms with Crippen molar-refractivity contribution in [3.05, 3.63) is 53.9 Å². The van der Waals surface area contributed by atoms with Crippen molar-refractivity contribution in [1.82, 2.24) is 4.98 Å². The van der Waals surface area contributed by atoms with Gasteiger partial charge in [-0.15, -0.1) is 0 Å². The number of benzene rings is 1. The van der Waals surface area contributed by atoms with Crippen molar-refractivity contribution in [1.29, 1.82) is 0 Å². The van der Waals surface area contributed by atoms with E-state index in [1.54, 1.807) is 11.8 Å². The molecule has 0 radical (unpaired) electrons. The minimum atomic E-state index is 0.106. The van der Waals surface area contributed by atoms with Crippen molar-refractivity contribution in [3.63, 3.8) is 0 Å². The Hall–Kier alpha value is -1.19. The molecule has 0 fully saturated rings. The highest BCUT2D eigenvalue weighted by molar-refractivity contribution is 7.99. The lowest BCUT2D eigenvalue weighted by Gasteiger charge is -2.23. The Balaban J connectivity index is 1.89. The van der Waals surface area contributed by atoms with Crippen LogP contribution in [0.5, 0.6) is 0 Å². The predicted molar refractivity (Wildman–Crippen MR) is 60.6 cm³/mol. The average molecular weight is 217 g/mol. The monoisotopic (exact) mass is 217 g/mol. The van der Waals surface area contributed by atoms with E-state index in [9.17, 15) is 0 Å². The van der Waals surface area contributed by atoms with E-state index in [4.69, 9.17) is 4.74 Å². The number of rotatable bonds is 1. The smallest absolute Gasteiger partial charge is 0.147 e. The van der Waals surface area contributed by atoms with Crippen molar-refractivity contribution in [2.24, 2.45) is 0 Å². The second kappa shape index (κ2) is 3.76. The van der Waals surface area contributed by atoms with Gasteiger partial charge in [0.15, 0.2) is 0 Å². The molecule has 0 spiro atoms. The molecule has 3 rings (SSSR count). The molecular weight excluding hydrogens is 206 g/mol. The first-order valence-electron chi connectivity index (χ1n) is 4.93. The van der Waals surface area contributed by atoms with Crippen LogP contribution in [-0.2, 0) is 11.3 Å². The fraction of sp³-hybridized carbons (Fsp3) is 0.167. The van der Waals surface area contributed by atoms with E-state index in [1.807, 2.05) is 12.3 Å². The van der Waals surface area contributed by atoms with Crippen molar-refractivity contribution in [2.75, 3.05) is 0 Å². The normalized spacial score (nSPS) is 19.9. The Bertz CT molecular complexity index is 452. The van der Waals surface area contributed by atoms with Crippen molar-refractivity contribution >= 4 is 11.8 Å². The van der Waals surface area contributed by atoms with E-state index in [-0.39, 0.29) is 5.44 Å². The van der Waals surface area contributed by atoms with Crippen molar-refractivity contribution in [3.8, 4) is 0 Å². The summed E-state index contributed by atoms with van der Waals surface area (Å²) < 4.78 is 5.78. The largest absolute Gasteiger partial charge is 0.362 e. The van der Waals surface area contributed by atoms with E-state index in [1.165, 1.54) is 10.5 Å². The molecule has 0 saturated carbocycles. The zero-order valence-corrected chi connectivity index (χ0v) is 8.96. The molecule has 2 nitrogen and oxygen atoms in total. The summed E-state index contributed by atoms with van der Waals surface area (Å²) in [4.78, 5) is 4.51. The van der Waals surface area contributed by atoms with Crippen LogP contribution in [-0.4, -0.2) is 4.98 Å². The molecule has 1 unspecified atom stereocenters. The summed E-state index contributed by atoms with van der Waals surface area (Å²) >= 11 is 1.76. The molecule has 1 aromatic heterocycles. The first-order chi connectivity index (χ1) is 7.43. The number of fused-ring (bicyclic) bond motifs is 1. The van der Waals surface area contributed by atoms with E-state index < -0.39 is 0 Å². The van der Waals surface area contributed by atoms with E-state index >= 15 is 0 Å². The predicted octanol–water partition coefficient (Wildman–Crippen LogP) is 3.34. The number of aromatic amines is 1. The molecule has 76 valence electrons. The van der Waals surface area contributed by atoms with Gasteiger partial charge in [0.25, 0.3) is 0 Å². The third-order valence-corrected chi connectivity index (χ3v) is 3.73. The highest BCUT2D eigenvalue weighted by Gasteiger charge is 2.21. The Morgan fingerprint density at radius 2 is 2.13 bits per heavy atom. The van der Waals surface area contributed by atoms with Gasteiger partial charge in [-0.25, -0.2) is 0 Å². The van der Waals surface area contributed by atoms with E-state index in [0.29, 0.717) is 6.61 Å². The van der Waals surface area contributed by atoms with Crippen LogP contribution in [0.1, 0.15) is 16.7 Å². The number of nitrogens with one attached hydrogen (secondary N) is 1. The second-order valence-electron chi connectivity index (χ2n) is 3.49. The molecule has 1 aromatic carbocycles. The zero-order valence-electron chi connectivity index (χ0n) is 8.14.